The van der Waals surface area contributed by atoms with Crippen molar-refractivity contribution >= 4 is 27.9 Å². The van der Waals surface area contributed by atoms with Crippen LogP contribution in [-0.4, -0.2) is 41.6 Å². The van der Waals surface area contributed by atoms with Gasteiger partial charge in [-0.25, -0.2) is 9.37 Å². The van der Waals surface area contributed by atoms with Gasteiger partial charge in [-0.05, 0) is 55.5 Å². The van der Waals surface area contributed by atoms with Gasteiger partial charge < -0.3 is 15.0 Å². The van der Waals surface area contributed by atoms with Crippen molar-refractivity contribution in [2.24, 2.45) is 0 Å². The van der Waals surface area contributed by atoms with Gasteiger partial charge in [-0.1, -0.05) is 11.3 Å². The predicted molar refractivity (Wildman–Crippen MR) is 124 cm³/mol. The summed E-state index contributed by atoms with van der Waals surface area (Å²) < 4.78 is 20.6. The molecule has 0 saturated carbocycles. The molecule has 0 radical (unpaired) electrons. The third kappa shape index (κ3) is 4.11. The Labute approximate surface area is 189 Å². The molecule has 164 valence electrons. The highest BCUT2D eigenvalue weighted by Crippen LogP contribution is 2.27. The van der Waals surface area contributed by atoms with Gasteiger partial charge >= 0.3 is 0 Å². The van der Waals surface area contributed by atoms with E-state index < -0.39 is 0 Å². The van der Waals surface area contributed by atoms with Crippen LogP contribution in [-0.2, 0) is 11.3 Å². The topological polar surface area (TPSA) is 58.9 Å². The maximum atomic E-state index is 13.2. The standard InChI is InChI=1S/C24H23FN4O2S/c1-16-22(32-24-27-21(15-29(16)24)17-2-6-19(25)7-3-17)14-26-23(30)18-4-8-20(9-5-18)28-10-12-31-13-11-28/h2-9,15H,10-14H2,1H3,(H,26,30). The molecule has 0 spiro atoms. The van der Waals surface area contributed by atoms with Crippen LogP contribution in [0.1, 0.15) is 20.9 Å². The lowest BCUT2D eigenvalue weighted by Gasteiger charge is -2.28. The Kier molecular flexibility index (Phi) is 5.63. The van der Waals surface area contributed by atoms with E-state index in [1.54, 1.807) is 23.5 Å². The lowest BCUT2D eigenvalue weighted by atomic mass is 10.1. The Bertz CT molecular complexity index is 1240. The Morgan fingerprint density at radius 1 is 1.12 bits per heavy atom. The number of imidazole rings is 1. The number of hydrogen-bond acceptors (Lipinski definition) is 5. The van der Waals surface area contributed by atoms with Crippen molar-refractivity contribution in [2.45, 2.75) is 13.5 Å². The van der Waals surface area contributed by atoms with Gasteiger partial charge in [0.1, 0.15) is 5.82 Å². The SMILES string of the molecule is Cc1c(CNC(=O)c2ccc(N3CCOCC3)cc2)sc2nc(-c3ccc(F)cc3)cn12. The number of benzene rings is 2. The number of nitrogens with zero attached hydrogens (tertiary/aromatic N) is 3. The summed E-state index contributed by atoms with van der Waals surface area (Å²) in [6.07, 6.45) is 1.95. The first-order valence-electron chi connectivity index (χ1n) is 10.5. The first kappa shape index (κ1) is 20.7. The maximum absolute atomic E-state index is 13.2. The van der Waals surface area contributed by atoms with Crippen LogP contribution in [0.4, 0.5) is 10.1 Å². The highest BCUT2D eigenvalue weighted by molar-refractivity contribution is 7.17. The smallest absolute Gasteiger partial charge is 0.251 e. The quantitative estimate of drug-likeness (QED) is 0.493. The number of aryl methyl sites for hydroxylation is 1. The van der Waals surface area contributed by atoms with Gasteiger partial charge in [0.05, 0.1) is 25.5 Å². The lowest BCUT2D eigenvalue weighted by Crippen LogP contribution is -2.36. The van der Waals surface area contributed by atoms with E-state index in [1.807, 2.05) is 41.8 Å². The summed E-state index contributed by atoms with van der Waals surface area (Å²) in [5, 5.41) is 3.01. The van der Waals surface area contributed by atoms with Crippen LogP contribution in [0.25, 0.3) is 16.2 Å². The number of morpholine rings is 1. The fraction of sp³-hybridized carbons (Fsp3) is 0.250. The molecule has 0 atom stereocenters. The Morgan fingerprint density at radius 3 is 2.53 bits per heavy atom. The summed E-state index contributed by atoms with van der Waals surface area (Å²) >= 11 is 1.55. The van der Waals surface area contributed by atoms with Crippen LogP contribution in [0.3, 0.4) is 0 Å². The van der Waals surface area contributed by atoms with E-state index in [2.05, 4.69) is 15.2 Å². The normalized spacial score (nSPS) is 14.1. The molecule has 5 rings (SSSR count). The Balaban J connectivity index is 1.25. The van der Waals surface area contributed by atoms with E-state index >= 15 is 0 Å². The minimum atomic E-state index is -0.264. The molecule has 1 aliphatic heterocycles. The Hall–Kier alpha value is -3.23. The largest absolute Gasteiger partial charge is 0.378 e. The van der Waals surface area contributed by atoms with E-state index in [-0.39, 0.29) is 11.7 Å². The van der Waals surface area contributed by atoms with Crippen molar-refractivity contribution in [1.82, 2.24) is 14.7 Å². The number of aromatic nitrogens is 2. The summed E-state index contributed by atoms with van der Waals surface area (Å²) in [6.45, 7) is 5.66. The molecule has 4 aromatic rings. The minimum absolute atomic E-state index is 0.101. The van der Waals surface area contributed by atoms with Gasteiger partial charge in [-0.2, -0.15) is 0 Å². The molecule has 1 fully saturated rings. The molecule has 1 aliphatic rings. The molecule has 0 unspecified atom stereocenters. The van der Waals surface area contributed by atoms with E-state index in [1.165, 1.54) is 12.1 Å². The molecule has 32 heavy (non-hydrogen) atoms. The van der Waals surface area contributed by atoms with Crippen molar-refractivity contribution < 1.29 is 13.9 Å². The molecule has 1 amide bonds. The average molecular weight is 451 g/mol. The van der Waals surface area contributed by atoms with Crippen LogP contribution in [0.15, 0.2) is 54.7 Å². The van der Waals surface area contributed by atoms with Gasteiger partial charge in [-0.15, -0.1) is 0 Å². The van der Waals surface area contributed by atoms with Gasteiger partial charge in [-0.3, -0.25) is 9.20 Å². The fourth-order valence-electron chi connectivity index (χ4n) is 3.83. The number of nitrogens with one attached hydrogen (secondary N) is 1. The molecule has 6 nitrogen and oxygen atoms in total. The Morgan fingerprint density at radius 2 is 1.84 bits per heavy atom. The minimum Gasteiger partial charge on any atom is -0.378 e. The number of anilines is 1. The second-order valence-electron chi connectivity index (χ2n) is 7.73. The van der Waals surface area contributed by atoms with Crippen molar-refractivity contribution in [3.63, 3.8) is 0 Å². The number of rotatable bonds is 5. The van der Waals surface area contributed by atoms with Crippen LogP contribution < -0.4 is 10.2 Å². The highest BCUT2D eigenvalue weighted by Gasteiger charge is 2.15. The summed E-state index contributed by atoms with van der Waals surface area (Å²) in [4.78, 5) is 21.5. The first-order chi connectivity index (χ1) is 15.6. The van der Waals surface area contributed by atoms with Crippen molar-refractivity contribution in [2.75, 3.05) is 31.2 Å². The highest BCUT2D eigenvalue weighted by atomic mass is 32.1. The third-order valence-corrected chi connectivity index (χ3v) is 6.86. The molecule has 2 aromatic carbocycles. The van der Waals surface area contributed by atoms with Crippen LogP contribution >= 0.6 is 11.3 Å². The van der Waals surface area contributed by atoms with Gasteiger partial charge in [0, 0.05) is 46.7 Å². The van der Waals surface area contributed by atoms with Gasteiger partial charge in [0.2, 0.25) is 0 Å². The number of hydrogen-bond donors (Lipinski definition) is 1. The number of ether oxygens (including phenoxy) is 1. The monoisotopic (exact) mass is 450 g/mol. The number of fused-ring (bicyclic) bond motifs is 1. The molecule has 2 aromatic heterocycles. The molecule has 0 bridgehead atoms. The van der Waals surface area contributed by atoms with Crippen molar-refractivity contribution in [3.8, 4) is 11.3 Å². The second-order valence-corrected chi connectivity index (χ2v) is 8.79. The number of halogens is 1. The zero-order valence-corrected chi connectivity index (χ0v) is 18.5. The molecule has 1 saturated heterocycles. The van der Waals surface area contributed by atoms with E-state index in [4.69, 9.17) is 4.74 Å². The number of thiazole rings is 1. The van der Waals surface area contributed by atoms with Gasteiger partial charge in [0.25, 0.3) is 5.91 Å². The van der Waals surface area contributed by atoms with Gasteiger partial charge in [0.15, 0.2) is 4.96 Å². The molecule has 1 N–H and O–H groups in total. The summed E-state index contributed by atoms with van der Waals surface area (Å²) in [5.41, 5.74) is 4.46. The molecular formula is C24H23FN4O2S. The lowest BCUT2D eigenvalue weighted by molar-refractivity contribution is 0.0951. The van der Waals surface area contributed by atoms with Crippen molar-refractivity contribution in [3.05, 3.63) is 76.7 Å². The van der Waals surface area contributed by atoms with E-state index in [0.29, 0.717) is 12.1 Å². The number of carbonyl (C=O) groups excluding carboxylic acids is 1. The van der Waals surface area contributed by atoms with Crippen LogP contribution in [0, 0.1) is 12.7 Å². The van der Waals surface area contributed by atoms with Crippen LogP contribution in [0.5, 0.6) is 0 Å². The maximum Gasteiger partial charge on any atom is 0.251 e. The summed E-state index contributed by atoms with van der Waals surface area (Å²) in [6, 6.07) is 14.0. The molecular weight excluding hydrogens is 427 g/mol. The van der Waals surface area contributed by atoms with Crippen LogP contribution in [0.2, 0.25) is 0 Å². The number of carbonyl (C=O) groups is 1. The zero-order valence-electron chi connectivity index (χ0n) is 17.7. The third-order valence-electron chi connectivity index (χ3n) is 5.71. The predicted octanol–water partition coefficient (Wildman–Crippen LogP) is 4.28. The molecule has 0 aliphatic carbocycles. The molecule has 8 heteroatoms. The molecule has 3 heterocycles. The average Bonchev–Trinajstić information content (AvgIpc) is 3.38. The van der Waals surface area contributed by atoms with Crippen molar-refractivity contribution in [1.29, 1.82) is 0 Å². The fourth-order valence-corrected chi connectivity index (χ4v) is 4.87. The number of amides is 1. The summed E-state index contributed by atoms with van der Waals surface area (Å²) in [5.74, 6) is -0.365. The zero-order chi connectivity index (χ0) is 22.1. The second kappa shape index (κ2) is 8.72. The van der Waals surface area contributed by atoms with E-state index in [9.17, 15) is 9.18 Å². The van der Waals surface area contributed by atoms with E-state index in [0.717, 1.165) is 58.8 Å². The first-order valence-corrected chi connectivity index (χ1v) is 11.3. The summed E-state index contributed by atoms with van der Waals surface area (Å²) in [7, 11) is 0.